The number of benzene rings is 10. The molecule has 1 aliphatic rings. The highest BCUT2D eigenvalue weighted by Crippen LogP contribution is 2.52. The summed E-state index contributed by atoms with van der Waals surface area (Å²) in [5.41, 5.74) is 15.2. The molecule has 68 heavy (non-hydrogen) atoms. The lowest BCUT2D eigenvalue weighted by atomic mass is 9.78. The van der Waals surface area contributed by atoms with E-state index in [1.165, 1.54) is 54.2 Å². The summed E-state index contributed by atoms with van der Waals surface area (Å²) >= 11 is 0. The fraction of sp³-hybridized carbons (Fsp3) is 0.0968. The fourth-order valence-electron chi connectivity index (χ4n) is 10.6. The van der Waals surface area contributed by atoms with Crippen LogP contribution in [0.4, 0.5) is 34.1 Å². The van der Waals surface area contributed by atoms with Crippen molar-refractivity contribution in [2.24, 2.45) is 0 Å². The predicted octanol–water partition coefficient (Wildman–Crippen LogP) is 17.5. The van der Waals surface area contributed by atoms with Crippen LogP contribution in [0.15, 0.2) is 203 Å². The highest BCUT2D eigenvalue weighted by Gasteiger charge is 2.27. The Balaban J connectivity index is 0.927. The van der Waals surface area contributed by atoms with Crippen molar-refractivity contribution in [1.82, 2.24) is 0 Å². The predicted molar refractivity (Wildman–Crippen MR) is 296 cm³/mol. The normalized spacial score (nSPS) is 12.6. The van der Waals surface area contributed by atoms with Crippen molar-refractivity contribution in [2.75, 3.05) is 9.80 Å². The number of hydrogen-bond acceptors (Lipinski definition) is 4. The van der Waals surface area contributed by atoms with Crippen molar-refractivity contribution in [1.29, 1.82) is 0 Å². The number of hydrogen-bond donors (Lipinski definition) is 0. The van der Waals surface area contributed by atoms with Crippen molar-refractivity contribution in [3.8, 4) is 22.3 Å². The lowest BCUT2D eigenvalue weighted by Crippen LogP contribution is -2.37. The summed E-state index contributed by atoms with van der Waals surface area (Å²) in [5, 5.41) is 12.2. The van der Waals surface area contributed by atoms with Crippen LogP contribution in [0.5, 0.6) is 0 Å². The first kappa shape index (κ1) is 40.6. The maximum Gasteiger partial charge on any atom is 0.159 e. The van der Waals surface area contributed by atoms with Gasteiger partial charge in [0.15, 0.2) is 11.2 Å². The molecule has 6 heteroatoms. The van der Waals surface area contributed by atoms with Gasteiger partial charge in [-0.2, -0.15) is 0 Å². The van der Waals surface area contributed by atoms with Crippen LogP contribution in [0.2, 0.25) is 39.3 Å². The van der Waals surface area contributed by atoms with E-state index in [0.717, 1.165) is 78.0 Å². The van der Waals surface area contributed by atoms with Crippen LogP contribution in [0, 0.1) is 0 Å². The first-order valence-corrected chi connectivity index (χ1v) is 30.7. The summed E-state index contributed by atoms with van der Waals surface area (Å²) < 4.78 is 13.3. The Morgan fingerprint density at radius 2 is 0.662 bits per heavy atom. The van der Waals surface area contributed by atoms with Crippen LogP contribution in [-0.4, -0.2) is 16.1 Å². The Labute approximate surface area is 398 Å². The molecule has 0 radical (unpaired) electrons. The molecule has 0 atom stereocenters. The second kappa shape index (κ2) is 14.9. The number of fused-ring (bicyclic) bond motifs is 12. The van der Waals surface area contributed by atoms with E-state index in [1.54, 1.807) is 0 Å². The SMILES string of the molecule is C[Si](C)(C)c1ccc(N(c2ccc3cc4c(cc3c2)-c2cc3cc(N(c5ccc([Si](C)(C)C)cc5)c5cccc6c5oc5ccccc56)ccc3cc2-4)c2cccc3c2oc2ccccc23)cc1. The molecule has 0 saturated carbocycles. The summed E-state index contributed by atoms with van der Waals surface area (Å²) in [4.78, 5) is 4.74. The molecule has 10 aromatic carbocycles. The van der Waals surface area contributed by atoms with E-state index in [1.807, 2.05) is 12.1 Å². The third-order valence-corrected chi connectivity index (χ3v) is 18.4. The second-order valence-corrected chi connectivity index (χ2v) is 30.8. The zero-order valence-corrected chi connectivity index (χ0v) is 41.2. The molecule has 12 aromatic rings. The van der Waals surface area contributed by atoms with Gasteiger partial charge in [0.05, 0.1) is 27.5 Å². The van der Waals surface area contributed by atoms with Crippen LogP contribution in [0.25, 0.3) is 87.7 Å². The third kappa shape index (κ3) is 6.46. The van der Waals surface area contributed by atoms with Gasteiger partial charge in [-0.15, -0.1) is 0 Å². The summed E-state index contributed by atoms with van der Waals surface area (Å²) in [7, 11) is -3.02. The third-order valence-electron chi connectivity index (χ3n) is 14.2. The second-order valence-electron chi connectivity index (χ2n) is 20.6. The smallest absolute Gasteiger partial charge is 0.159 e. The van der Waals surface area contributed by atoms with Crippen molar-refractivity contribution in [3.05, 3.63) is 194 Å². The zero-order valence-electron chi connectivity index (χ0n) is 39.2. The van der Waals surface area contributed by atoms with Gasteiger partial charge in [-0.1, -0.05) is 147 Å². The molecule has 0 unspecified atom stereocenters. The van der Waals surface area contributed by atoms with Gasteiger partial charge in [-0.05, 0) is 141 Å². The standard InChI is InChI=1S/C62H50N2O2Si2/c1-67(2,3)47-29-25-43(26-30-47)63(57-17-11-15-51-49-13-7-9-19-59(49)65-61(51)57)45-23-21-39-35-53-54-36-40-22-24-46(34-42(40)38-56(54)55(53)37-41(39)33-45)64(44-27-31-48(32-28-44)68(4,5)6)58-18-12-16-52-50-14-8-10-20-60(50)66-62(52)58/h7-38H,1-6H3. The summed E-state index contributed by atoms with van der Waals surface area (Å²) in [5.74, 6) is 0. The van der Waals surface area contributed by atoms with Crippen molar-refractivity contribution in [2.45, 2.75) is 39.3 Å². The van der Waals surface area contributed by atoms with E-state index in [0.29, 0.717) is 0 Å². The fourth-order valence-corrected chi connectivity index (χ4v) is 12.9. The minimum atomic E-state index is -1.51. The molecule has 0 N–H and O–H groups in total. The van der Waals surface area contributed by atoms with Crippen LogP contribution >= 0.6 is 0 Å². The van der Waals surface area contributed by atoms with E-state index in [4.69, 9.17) is 8.83 Å². The maximum atomic E-state index is 6.67. The lowest BCUT2D eigenvalue weighted by Gasteiger charge is -2.29. The molecule has 0 amide bonds. The van der Waals surface area contributed by atoms with Crippen LogP contribution in [0.1, 0.15) is 0 Å². The van der Waals surface area contributed by atoms with Crippen molar-refractivity contribution in [3.63, 3.8) is 0 Å². The van der Waals surface area contributed by atoms with Gasteiger partial charge in [-0.25, -0.2) is 0 Å². The van der Waals surface area contributed by atoms with Gasteiger partial charge in [0, 0.05) is 44.3 Å². The number of nitrogens with zero attached hydrogens (tertiary/aromatic N) is 2. The van der Waals surface area contributed by atoms with Gasteiger partial charge < -0.3 is 18.6 Å². The van der Waals surface area contributed by atoms with Gasteiger partial charge in [0.2, 0.25) is 0 Å². The molecule has 0 saturated heterocycles. The highest BCUT2D eigenvalue weighted by atomic mass is 28.3. The Hall–Kier alpha value is -7.65. The molecule has 0 fully saturated rings. The Kier molecular flexibility index (Phi) is 8.92. The average molecular weight is 911 g/mol. The molecule has 4 nitrogen and oxygen atoms in total. The molecular formula is C62H50N2O2Si2. The Bertz CT molecular complexity index is 3740. The van der Waals surface area contributed by atoms with E-state index < -0.39 is 16.1 Å². The maximum absolute atomic E-state index is 6.67. The van der Waals surface area contributed by atoms with Gasteiger partial charge in [-0.3, -0.25) is 0 Å². The van der Waals surface area contributed by atoms with Crippen LogP contribution in [-0.2, 0) is 0 Å². The van der Waals surface area contributed by atoms with Crippen LogP contribution in [0.3, 0.4) is 0 Å². The number of rotatable bonds is 8. The van der Waals surface area contributed by atoms with E-state index in [9.17, 15) is 0 Å². The van der Waals surface area contributed by atoms with E-state index in [-0.39, 0.29) is 0 Å². The first-order chi connectivity index (χ1) is 32.9. The molecule has 328 valence electrons. The molecule has 0 spiro atoms. The summed E-state index contributed by atoms with van der Waals surface area (Å²) in [6.07, 6.45) is 0. The summed E-state index contributed by atoms with van der Waals surface area (Å²) in [6.45, 7) is 14.4. The minimum Gasteiger partial charge on any atom is -0.454 e. The molecule has 1 aliphatic carbocycles. The molecule has 2 heterocycles. The zero-order chi connectivity index (χ0) is 46.1. The number of para-hydroxylation sites is 4. The average Bonchev–Trinajstić information content (AvgIpc) is 3.93. The Morgan fingerprint density at radius 3 is 1.06 bits per heavy atom. The molecule has 0 aliphatic heterocycles. The highest BCUT2D eigenvalue weighted by molar-refractivity contribution is 6.89. The Morgan fingerprint density at radius 1 is 0.309 bits per heavy atom. The molecule has 0 bridgehead atoms. The van der Waals surface area contributed by atoms with E-state index >= 15 is 0 Å². The molecule has 2 aromatic heterocycles. The minimum absolute atomic E-state index is 0.886. The topological polar surface area (TPSA) is 32.8 Å². The van der Waals surface area contributed by atoms with Crippen molar-refractivity contribution >= 4 is 126 Å². The number of furan rings is 2. The summed E-state index contributed by atoms with van der Waals surface area (Å²) in [6, 6.07) is 71.5. The number of anilines is 6. The quantitative estimate of drug-likeness (QED) is 0.142. The molecular weight excluding hydrogens is 861 g/mol. The lowest BCUT2D eigenvalue weighted by molar-refractivity contribution is 0.668. The monoisotopic (exact) mass is 910 g/mol. The van der Waals surface area contributed by atoms with Gasteiger partial charge in [0.25, 0.3) is 0 Å². The first-order valence-electron chi connectivity index (χ1n) is 23.7. The van der Waals surface area contributed by atoms with Crippen molar-refractivity contribution < 1.29 is 8.83 Å². The van der Waals surface area contributed by atoms with Crippen LogP contribution < -0.4 is 20.2 Å². The van der Waals surface area contributed by atoms with E-state index in [2.05, 4.69) is 231 Å². The van der Waals surface area contributed by atoms with Gasteiger partial charge in [0.1, 0.15) is 11.2 Å². The molecule has 13 rings (SSSR count). The van der Waals surface area contributed by atoms with Gasteiger partial charge >= 0.3 is 0 Å². The largest absolute Gasteiger partial charge is 0.454 e.